The minimum absolute atomic E-state index is 0.0000939. The van der Waals surface area contributed by atoms with Gasteiger partial charge in [-0.1, -0.05) is 0 Å². The number of carbonyl (C=O) groups is 1. The average molecular weight is 422 g/mol. The molecule has 0 aliphatic rings. The van der Waals surface area contributed by atoms with Crippen molar-refractivity contribution >= 4 is 33.1 Å². The van der Waals surface area contributed by atoms with E-state index in [1.165, 1.54) is 0 Å². The molecule has 152 valence electrons. The highest BCUT2D eigenvalue weighted by molar-refractivity contribution is 7.21. The Hall–Kier alpha value is -3.45. The topological polar surface area (TPSA) is 60.5 Å². The van der Waals surface area contributed by atoms with Crippen molar-refractivity contribution in [3.05, 3.63) is 72.3 Å². The van der Waals surface area contributed by atoms with Gasteiger partial charge in [0.05, 0.1) is 17.3 Å². The van der Waals surface area contributed by atoms with E-state index in [0.717, 1.165) is 26.5 Å². The third-order valence-corrected chi connectivity index (χ3v) is 5.51. The van der Waals surface area contributed by atoms with Crippen LogP contribution in [0.5, 0.6) is 11.5 Å². The molecule has 0 radical (unpaired) electrons. The van der Waals surface area contributed by atoms with Crippen LogP contribution in [0.1, 0.15) is 10.4 Å². The summed E-state index contributed by atoms with van der Waals surface area (Å²) in [7, 11) is 1.64. The van der Waals surface area contributed by atoms with Crippen LogP contribution < -0.4 is 14.8 Å². The molecule has 0 bridgehead atoms. The Labute approximate surface area is 177 Å². The van der Waals surface area contributed by atoms with Gasteiger partial charge in [0.2, 0.25) is 0 Å². The van der Waals surface area contributed by atoms with Gasteiger partial charge in [-0.2, -0.15) is 0 Å². The zero-order valence-electron chi connectivity index (χ0n) is 16.2. The van der Waals surface area contributed by atoms with Crippen molar-refractivity contribution in [1.29, 1.82) is 0 Å². The number of rotatable bonds is 7. The fraction of sp³-hybridized carbons (Fsp3) is 0.130. The molecule has 0 unspecified atom stereocenters. The van der Waals surface area contributed by atoms with E-state index in [4.69, 9.17) is 9.47 Å². The largest absolute Gasteiger partial charge is 0.497 e. The molecule has 0 spiro atoms. The number of fused-ring (bicyclic) bond motifs is 1. The first-order chi connectivity index (χ1) is 14.7. The van der Waals surface area contributed by atoms with E-state index < -0.39 is 6.67 Å². The van der Waals surface area contributed by atoms with Gasteiger partial charge in [-0.05, 0) is 66.7 Å². The number of hydrogen-bond donors (Lipinski definition) is 1. The van der Waals surface area contributed by atoms with Crippen LogP contribution in [0, 0.1) is 0 Å². The first-order valence-corrected chi connectivity index (χ1v) is 10.1. The lowest BCUT2D eigenvalue weighted by Gasteiger charge is -2.07. The molecule has 0 saturated carbocycles. The number of ether oxygens (including phenoxy) is 2. The maximum atomic E-state index is 12.4. The van der Waals surface area contributed by atoms with Crippen molar-refractivity contribution in [1.82, 2.24) is 4.98 Å². The Morgan fingerprint density at radius 1 is 1.03 bits per heavy atom. The smallest absolute Gasteiger partial charge is 0.255 e. The molecular formula is C23H19FN2O3S. The molecular weight excluding hydrogens is 403 g/mol. The first kappa shape index (κ1) is 19.8. The van der Waals surface area contributed by atoms with Gasteiger partial charge in [-0.3, -0.25) is 4.79 Å². The van der Waals surface area contributed by atoms with E-state index >= 15 is 0 Å². The van der Waals surface area contributed by atoms with Crippen LogP contribution >= 0.6 is 11.3 Å². The molecule has 1 aromatic heterocycles. The lowest BCUT2D eigenvalue weighted by molar-refractivity contribution is 0.102. The van der Waals surface area contributed by atoms with Crippen LogP contribution in [-0.4, -0.2) is 31.3 Å². The summed E-state index contributed by atoms with van der Waals surface area (Å²) in [4.78, 5) is 17.1. The third-order valence-electron chi connectivity index (χ3n) is 4.45. The zero-order chi connectivity index (χ0) is 20.9. The molecule has 30 heavy (non-hydrogen) atoms. The van der Waals surface area contributed by atoms with E-state index in [-0.39, 0.29) is 12.5 Å². The summed E-state index contributed by atoms with van der Waals surface area (Å²) in [5, 5.41) is 3.77. The molecule has 5 nitrogen and oxygen atoms in total. The van der Waals surface area contributed by atoms with Crippen LogP contribution in [0.3, 0.4) is 0 Å². The van der Waals surface area contributed by atoms with Gasteiger partial charge in [0, 0.05) is 16.8 Å². The maximum Gasteiger partial charge on any atom is 0.255 e. The Morgan fingerprint density at radius 2 is 1.77 bits per heavy atom. The van der Waals surface area contributed by atoms with Crippen LogP contribution in [0.4, 0.5) is 10.1 Å². The fourth-order valence-electron chi connectivity index (χ4n) is 2.91. The highest BCUT2D eigenvalue weighted by atomic mass is 32.1. The molecule has 4 aromatic rings. The second kappa shape index (κ2) is 8.92. The Balaban J connectivity index is 1.45. The number of benzene rings is 3. The number of methoxy groups -OCH3 is 1. The van der Waals surface area contributed by atoms with E-state index in [0.29, 0.717) is 17.0 Å². The summed E-state index contributed by atoms with van der Waals surface area (Å²) in [6.07, 6.45) is 0. The normalized spacial score (nSPS) is 10.7. The monoisotopic (exact) mass is 422 g/mol. The number of nitrogens with zero attached hydrogens (tertiary/aromatic N) is 1. The van der Waals surface area contributed by atoms with Crippen LogP contribution in [0.25, 0.3) is 20.8 Å². The number of amides is 1. The predicted molar refractivity (Wildman–Crippen MR) is 117 cm³/mol. The summed E-state index contributed by atoms with van der Waals surface area (Å²) in [5.41, 5.74) is 3.07. The maximum absolute atomic E-state index is 12.4. The summed E-state index contributed by atoms with van der Waals surface area (Å²) in [6, 6.07) is 19.9. The number of thiazole rings is 1. The van der Waals surface area contributed by atoms with E-state index in [1.807, 2.05) is 42.5 Å². The van der Waals surface area contributed by atoms with Gasteiger partial charge in [0.25, 0.3) is 5.91 Å². The van der Waals surface area contributed by atoms with Gasteiger partial charge in [0.15, 0.2) is 0 Å². The van der Waals surface area contributed by atoms with Gasteiger partial charge >= 0.3 is 0 Å². The molecule has 0 fully saturated rings. The number of anilines is 1. The molecule has 3 aromatic carbocycles. The Morgan fingerprint density at radius 3 is 2.47 bits per heavy atom. The van der Waals surface area contributed by atoms with Crippen molar-refractivity contribution < 1.29 is 18.7 Å². The average Bonchev–Trinajstić information content (AvgIpc) is 3.21. The molecule has 0 aliphatic carbocycles. The second-order valence-electron chi connectivity index (χ2n) is 6.45. The fourth-order valence-corrected chi connectivity index (χ4v) is 3.91. The zero-order valence-corrected chi connectivity index (χ0v) is 17.0. The molecule has 1 heterocycles. The van der Waals surface area contributed by atoms with E-state index in [9.17, 15) is 9.18 Å². The standard InChI is InChI=1S/C23H19FN2O3S/c1-28-19-10-11-20-21(14-19)30-23(26-20)16-2-6-17(7-3-16)25-22(27)15-4-8-18(9-5-15)29-13-12-24/h2-11,14H,12-13H2,1H3,(H,25,27). The minimum Gasteiger partial charge on any atom is -0.497 e. The highest BCUT2D eigenvalue weighted by Crippen LogP contribution is 2.32. The van der Waals surface area contributed by atoms with Gasteiger partial charge in [0.1, 0.15) is 29.8 Å². The van der Waals surface area contributed by atoms with Crippen molar-refractivity contribution in [2.24, 2.45) is 0 Å². The van der Waals surface area contributed by atoms with Gasteiger partial charge < -0.3 is 14.8 Å². The summed E-state index contributed by atoms with van der Waals surface area (Å²) < 4.78 is 23.7. The number of carbonyl (C=O) groups excluding carboxylic acids is 1. The highest BCUT2D eigenvalue weighted by Gasteiger charge is 2.09. The SMILES string of the molecule is COc1ccc2nc(-c3ccc(NC(=O)c4ccc(OCCF)cc4)cc3)sc2c1. The summed E-state index contributed by atoms with van der Waals surface area (Å²) in [5.74, 6) is 1.10. The van der Waals surface area contributed by atoms with E-state index in [2.05, 4.69) is 10.3 Å². The summed E-state index contributed by atoms with van der Waals surface area (Å²) >= 11 is 1.59. The molecule has 4 rings (SSSR count). The van der Waals surface area contributed by atoms with Crippen molar-refractivity contribution in [3.8, 4) is 22.1 Å². The number of halogens is 1. The number of nitrogens with one attached hydrogen (secondary N) is 1. The number of hydrogen-bond acceptors (Lipinski definition) is 5. The quantitative estimate of drug-likeness (QED) is 0.423. The van der Waals surface area contributed by atoms with Crippen molar-refractivity contribution in [3.63, 3.8) is 0 Å². The molecule has 1 N–H and O–H groups in total. The van der Waals surface area contributed by atoms with Crippen molar-refractivity contribution in [2.75, 3.05) is 25.7 Å². The van der Waals surface area contributed by atoms with E-state index in [1.54, 1.807) is 42.7 Å². The summed E-state index contributed by atoms with van der Waals surface area (Å²) in [6.45, 7) is -0.552. The third kappa shape index (κ3) is 4.41. The number of alkyl halides is 1. The second-order valence-corrected chi connectivity index (χ2v) is 7.48. The lowest BCUT2D eigenvalue weighted by atomic mass is 10.2. The molecule has 7 heteroatoms. The first-order valence-electron chi connectivity index (χ1n) is 9.31. The van der Waals surface area contributed by atoms with Gasteiger partial charge in [-0.25, -0.2) is 9.37 Å². The predicted octanol–water partition coefficient (Wildman–Crippen LogP) is 5.57. The van der Waals surface area contributed by atoms with Crippen LogP contribution in [0.15, 0.2) is 66.7 Å². The Bertz CT molecular complexity index is 1160. The molecule has 0 atom stereocenters. The molecule has 0 saturated heterocycles. The Kier molecular flexibility index (Phi) is 5.90. The molecule has 1 amide bonds. The lowest BCUT2D eigenvalue weighted by Crippen LogP contribution is -2.11. The van der Waals surface area contributed by atoms with Gasteiger partial charge in [-0.15, -0.1) is 11.3 Å². The van der Waals surface area contributed by atoms with Crippen LogP contribution in [0.2, 0.25) is 0 Å². The van der Waals surface area contributed by atoms with Crippen LogP contribution in [-0.2, 0) is 0 Å². The molecule has 0 aliphatic heterocycles. The van der Waals surface area contributed by atoms with Crippen molar-refractivity contribution in [2.45, 2.75) is 0 Å². The number of aromatic nitrogens is 1. The minimum atomic E-state index is -0.552.